The molecule has 0 spiro atoms. The number of carbonyl (C=O) groups excluding carboxylic acids is 2. The summed E-state index contributed by atoms with van der Waals surface area (Å²) in [6.45, 7) is 8.18. The fourth-order valence-electron chi connectivity index (χ4n) is 9.03. The predicted octanol–water partition coefficient (Wildman–Crippen LogP) is 14.1. The Morgan fingerprint density at radius 3 is 1.57 bits per heavy atom. The van der Waals surface area contributed by atoms with Crippen molar-refractivity contribution >= 4 is 35.5 Å². The zero-order valence-corrected chi connectivity index (χ0v) is 40.0. The molecule has 6 nitrogen and oxygen atoms in total. The van der Waals surface area contributed by atoms with Gasteiger partial charge in [0, 0.05) is 31.0 Å². The summed E-state index contributed by atoms with van der Waals surface area (Å²) in [4.78, 5) is 27.9. The quantitative estimate of drug-likeness (QED) is 0.0482. The molecule has 2 aliphatic carbocycles. The molecule has 0 saturated heterocycles. The van der Waals surface area contributed by atoms with E-state index >= 15 is 0 Å². The third-order valence-corrected chi connectivity index (χ3v) is 15.2. The fraction of sp³-hybridized carbons (Fsp3) is 0.960. The van der Waals surface area contributed by atoms with Crippen molar-refractivity contribution in [1.82, 2.24) is 4.90 Å². The number of nitrogens with zero attached hydrogens (tertiary/aromatic N) is 1. The lowest BCUT2D eigenvalue weighted by atomic mass is 9.85. The summed E-state index contributed by atoms with van der Waals surface area (Å²) >= 11 is 4.00. The van der Waals surface area contributed by atoms with Gasteiger partial charge in [0.2, 0.25) is 0 Å². The van der Waals surface area contributed by atoms with E-state index in [9.17, 15) is 14.7 Å². The molecule has 342 valence electrons. The second-order valence-corrected chi connectivity index (χ2v) is 20.6. The van der Waals surface area contributed by atoms with Gasteiger partial charge in [-0.05, 0) is 120 Å². The van der Waals surface area contributed by atoms with Crippen LogP contribution in [0.2, 0.25) is 0 Å². The number of esters is 2. The van der Waals surface area contributed by atoms with Gasteiger partial charge < -0.3 is 19.5 Å². The smallest absolute Gasteiger partial charge is 0.306 e. The number of aliphatic hydroxyl groups excluding tert-OH is 1. The van der Waals surface area contributed by atoms with Gasteiger partial charge in [-0.15, -0.1) is 0 Å². The standard InChI is InChI=1S/C50H95NO5S2/c1-3-5-7-20-31-47(55-49(53)32-15-6-4-2)43-57-42-26-12-10-22-38-51(39-23-24-40-52)37-21-9-8-11-25-41-58-44-48(35-33-45-27-16-13-17-28-45)56-50(54)36-34-46-29-18-14-19-30-46/h45-48,52H,3-44H2,1-2H3. The van der Waals surface area contributed by atoms with Crippen LogP contribution in [0.15, 0.2) is 0 Å². The first kappa shape index (κ1) is 53.7. The monoisotopic (exact) mass is 854 g/mol. The van der Waals surface area contributed by atoms with E-state index in [2.05, 4.69) is 18.7 Å². The molecule has 8 heteroatoms. The first-order valence-electron chi connectivity index (χ1n) is 25.4. The molecule has 0 bridgehead atoms. The highest BCUT2D eigenvalue weighted by molar-refractivity contribution is 7.99. The van der Waals surface area contributed by atoms with Crippen molar-refractivity contribution < 1.29 is 24.2 Å². The Morgan fingerprint density at radius 2 is 1.00 bits per heavy atom. The number of aliphatic hydroxyl groups is 1. The Hall–Kier alpha value is -0.440. The van der Waals surface area contributed by atoms with Gasteiger partial charge in [-0.2, -0.15) is 23.5 Å². The Labute approximate surface area is 368 Å². The van der Waals surface area contributed by atoms with Crippen molar-refractivity contribution in [1.29, 1.82) is 0 Å². The molecule has 0 aromatic carbocycles. The van der Waals surface area contributed by atoms with Gasteiger partial charge in [-0.25, -0.2) is 0 Å². The van der Waals surface area contributed by atoms with Crippen LogP contribution >= 0.6 is 23.5 Å². The third kappa shape index (κ3) is 31.4. The minimum atomic E-state index is 0.00677. The zero-order valence-electron chi connectivity index (χ0n) is 38.4. The van der Waals surface area contributed by atoms with Crippen LogP contribution in [-0.4, -0.2) is 83.4 Å². The van der Waals surface area contributed by atoms with E-state index < -0.39 is 0 Å². The molecule has 0 aliphatic heterocycles. The molecule has 2 aliphatic rings. The molecule has 2 atom stereocenters. The van der Waals surface area contributed by atoms with Crippen molar-refractivity contribution in [2.75, 3.05) is 49.3 Å². The molecule has 0 heterocycles. The van der Waals surface area contributed by atoms with E-state index in [4.69, 9.17) is 9.47 Å². The van der Waals surface area contributed by atoms with Crippen molar-refractivity contribution in [2.24, 2.45) is 11.8 Å². The van der Waals surface area contributed by atoms with Crippen LogP contribution in [0.25, 0.3) is 0 Å². The Morgan fingerprint density at radius 1 is 0.534 bits per heavy atom. The van der Waals surface area contributed by atoms with Crippen LogP contribution in [0.5, 0.6) is 0 Å². The number of carbonyl (C=O) groups is 2. The first-order valence-corrected chi connectivity index (χ1v) is 27.7. The van der Waals surface area contributed by atoms with Gasteiger partial charge in [0.1, 0.15) is 12.2 Å². The van der Waals surface area contributed by atoms with Crippen molar-refractivity contribution in [3.05, 3.63) is 0 Å². The minimum absolute atomic E-state index is 0.00677. The summed E-state index contributed by atoms with van der Waals surface area (Å²) in [5, 5.41) is 9.36. The molecular formula is C50H95NO5S2. The van der Waals surface area contributed by atoms with Crippen molar-refractivity contribution in [3.63, 3.8) is 0 Å². The lowest BCUT2D eigenvalue weighted by Crippen LogP contribution is -2.27. The van der Waals surface area contributed by atoms with Gasteiger partial charge in [-0.3, -0.25) is 9.59 Å². The summed E-state index contributed by atoms with van der Waals surface area (Å²) in [7, 11) is 0. The molecule has 1 N–H and O–H groups in total. The first-order chi connectivity index (χ1) is 28.5. The second kappa shape index (κ2) is 39.4. The lowest BCUT2D eigenvalue weighted by Gasteiger charge is -2.25. The number of unbranched alkanes of at least 4 members (excludes halogenated alkanes) is 13. The zero-order chi connectivity index (χ0) is 41.6. The SMILES string of the molecule is CCCCCCC(CSCCCCCCN(CCCCO)CCCCCCCSCC(CCC1CCCCC1)OC(=O)CCC1CCCCC1)OC(=O)CCCCC. The average molecular weight is 854 g/mol. The summed E-state index contributed by atoms with van der Waals surface area (Å²) in [6.07, 6.45) is 40.9. The number of rotatable bonds is 40. The molecule has 2 unspecified atom stereocenters. The summed E-state index contributed by atoms with van der Waals surface area (Å²) in [5.74, 6) is 5.91. The number of ether oxygens (including phenoxy) is 2. The summed E-state index contributed by atoms with van der Waals surface area (Å²) < 4.78 is 12.1. The van der Waals surface area contributed by atoms with E-state index in [0.29, 0.717) is 19.4 Å². The minimum Gasteiger partial charge on any atom is -0.461 e. The van der Waals surface area contributed by atoms with Gasteiger partial charge in [0.05, 0.1) is 0 Å². The topological polar surface area (TPSA) is 76.1 Å². The van der Waals surface area contributed by atoms with Gasteiger partial charge in [-0.1, -0.05) is 142 Å². The van der Waals surface area contributed by atoms with Crippen molar-refractivity contribution in [2.45, 2.75) is 244 Å². The van der Waals surface area contributed by atoms with Crippen LogP contribution in [0.1, 0.15) is 232 Å². The van der Waals surface area contributed by atoms with Gasteiger partial charge >= 0.3 is 11.9 Å². The van der Waals surface area contributed by atoms with E-state index in [1.54, 1.807) is 0 Å². The van der Waals surface area contributed by atoms with Gasteiger partial charge in [0.15, 0.2) is 0 Å². The molecule has 2 rings (SSSR count). The predicted molar refractivity (Wildman–Crippen MR) is 253 cm³/mol. The number of hydrogen-bond donors (Lipinski definition) is 1. The highest BCUT2D eigenvalue weighted by atomic mass is 32.2. The molecule has 0 aromatic rings. The van der Waals surface area contributed by atoms with E-state index in [1.165, 1.54) is 167 Å². The van der Waals surface area contributed by atoms with E-state index in [0.717, 1.165) is 93.4 Å². The highest BCUT2D eigenvalue weighted by Crippen LogP contribution is 2.30. The Bertz CT molecular complexity index is 928. The molecule has 58 heavy (non-hydrogen) atoms. The van der Waals surface area contributed by atoms with Crippen LogP contribution in [0.4, 0.5) is 0 Å². The van der Waals surface area contributed by atoms with E-state index in [1.807, 2.05) is 23.5 Å². The van der Waals surface area contributed by atoms with Crippen LogP contribution in [0, 0.1) is 11.8 Å². The number of thioether (sulfide) groups is 2. The average Bonchev–Trinajstić information content (AvgIpc) is 3.24. The van der Waals surface area contributed by atoms with Gasteiger partial charge in [0.25, 0.3) is 0 Å². The number of hydrogen-bond acceptors (Lipinski definition) is 8. The summed E-state index contributed by atoms with van der Waals surface area (Å²) in [6, 6.07) is 0. The largest absolute Gasteiger partial charge is 0.461 e. The normalized spacial score (nSPS) is 16.5. The Balaban J connectivity index is 1.57. The van der Waals surface area contributed by atoms with Crippen LogP contribution < -0.4 is 0 Å². The molecule has 0 amide bonds. The fourth-order valence-corrected chi connectivity index (χ4v) is 11.2. The maximum Gasteiger partial charge on any atom is 0.306 e. The molecule has 2 fully saturated rings. The Kier molecular flexibility index (Phi) is 36.5. The van der Waals surface area contributed by atoms with Crippen LogP contribution in [-0.2, 0) is 19.1 Å². The maximum absolute atomic E-state index is 12.9. The lowest BCUT2D eigenvalue weighted by molar-refractivity contribution is -0.149. The third-order valence-electron chi connectivity index (χ3n) is 12.8. The molecular weight excluding hydrogens is 759 g/mol. The second-order valence-electron chi connectivity index (χ2n) is 18.3. The highest BCUT2D eigenvalue weighted by Gasteiger charge is 2.21. The maximum atomic E-state index is 12.9. The molecule has 2 saturated carbocycles. The molecule has 0 radical (unpaired) electrons. The van der Waals surface area contributed by atoms with E-state index in [-0.39, 0.29) is 24.1 Å². The van der Waals surface area contributed by atoms with Crippen LogP contribution in [0.3, 0.4) is 0 Å². The summed E-state index contributed by atoms with van der Waals surface area (Å²) in [5.41, 5.74) is 0. The molecule has 0 aromatic heterocycles. The van der Waals surface area contributed by atoms with Crippen molar-refractivity contribution in [3.8, 4) is 0 Å².